The minimum absolute atomic E-state index is 0.0195. The fraction of sp³-hybridized carbons (Fsp3) is 0.714. The highest BCUT2D eigenvalue weighted by atomic mass is 16.3. The fourth-order valence-corrected chi connectivity index (χ4v) is 3.06. The summed E-state index contributed by atoms with van der Waals surface area (Å²) in [5, 5.41) is 9.79. The lowest BCUT2D eigenvalue weighted by Gasteiger charge is -2.42. The van der Waals surface area contributed by atoms with Gasteiger partial charge in [0, 0.05) is 30.9 Å². The molecule has 1 aromatic rings. The van der Waals surface area contributed by atoms with Crippen LogP contribution >= 0.6 is 0 Å². The van der Waals surface area contributed by atoms with Crippen molar-refractivity contribution in [2.24, 2.45) is 11.3 Å². The summed E-state index contributed by atoms with van der Waals surface area (Å²) in [4.78, 5) is 10.8. The normalized spacial score (nSPS) is 24.6. The molecule has 1 atom stereocenters. The zero-order valence-electron chi connectivity index (χ0n) is 11.3. The quantitative estimate of drug-likeness (QED) is 0.888. The predicted octanol–water partition coefficient (Wildman–Crippen LogP) is 2.10. The summed E-state index contributed by atoms with van der Waals surface area (Å²) in [7, 11) is 0. The third kappa shape index (κ3) is 2.99. The Hall–Kier alpha value is -1.16. The van der Waals surface area contributed by atoms with Crippen molar-refractivity contribution in [3.8, 4) is 0 Å². The molecule has 18 heavy (non-hydrogen) atoms. The van der Waals surface area contributed by atoms with Crippen LogP contribution in [-0.4, -0.2) is 34.8 Å². The van der Waals surface area contributed by atoms with Crippen LogP contribution in [-0.2, 0) is 0 Å². The SMILES string of the molecule is CC(C)C[C@@]1(CO)CCCN(c2ncccn2)C1. The van der Waals surface area contributed by atoms with Crippen LogP contribution in [0.1, 0.15) is 33.1 Å². The Bertz CT molecular complexity index is 369. The van der Waals surface area contributed by atoms with Crippen molar-refractivity contribution in [1.82, 2.24) is 9.97 Å². The molecule has 1 fully saturated rings. The lowest BCUT2D eigenvalue weighted by molar-refractivity contribution is 0.0828. The highest BCUT2D eigenvalue weighted by Crippen LogP contribution is 2.36. The van der Waals surface area contributed by atoms with Crippen LogP contribution in [0.5, 0.6) is 0 Å². The third-order valence-corrected chi connectivity index (χ3v) is 3.67. The van der Waals surface area contributed by atoms with Gasteiger partial charge in [-0.3, -0.25) is 0 Å². The van der Waals surface area contributed by atoms with E-state index >= 15 is 0 Å². The Kier molecular flexibility index (Phi) is 4.17. The van der Waals surface area contributed by atoms with E-state index in [0.29, 0.717) is 5.92 Å². The molecule has 1 aliphatic rings. The molecule has 1 aliphatic heterocycles. The van der Waals surface area contributed by atoms with Crippen molar-refractivity contribution >= 4 is 5.95 Å². The van der Waals surface area contributed by atoms with Crippen LogP contribution in [0.15, 0.2) is 18.5 Å². The monoisotopic (exact) mass is 249 g/mol. The molecule has 0 amide bonds. The van der Waals surface area contributed by atoms with E-state index in [9.17, 15) is 5.11 Å². The van der Waals surface area contributed by atoms with Crippen LogP contribution in [0.25, 0.3) is 0 Å². The summed E-state index contributed by atoms with van der Waals surface area (Å²) in [5.41, 5.74) is 0.0195. The third-order valence-electron chi connectivity index (χ3n) is 3.67. The van der Waals surface area contributed by atoms with Gasteiger partial charge in [0.2, 0.25) is 5.95 Å². The van der Waals surface area contributed by atoms with E-state index in [1.54, 1.807) is 12.4 Å². The molecule has 1 saturated heterocycles. The maximum atomic E-state index is 9.79. The molecule has 2 heterocycles. The van der Waals surface area contributed by atoms with E-state index in [1.165, 1.54) is 0 Å². The molecule has 0 aliphatic carbocycles. The van der Waals surface area contributed by atoms with Gasteiger partial charge in [0.05, 0.1) is 6.61 Å². The number of hydrogen-bond acceptors (Lipinski definition) is 4. The Morgan fingerprint density at radius 3 is 2.72 bits per heavy atom. The minimum Gasteiger partial charge on any atom is -0.396 e. The molecule has 4 nitrogen and oxygen atoms in total. The van der Waals surface area contributed by atoms with E-state index in [1.807, 2.05) is 6.07 Å². The Morgan fingerprint density at radius 1 is 1.39 bits per heavy atom. The second-order valence-corrected chi connectivity index (χ2v) is 5.83. The summed E-state index contributed by atoms with van der Waals surface area (Å²) >= 11 is 0. The first kappa shape index (κ1) is 13.3. The molecule has 0 unspecified atom stereocenters. The molecular weight excluding hydrogens is 226 g/mol. The van der Waals surface area contributed by atoms with Crippen molar-refractivity contribution < 1.29 is 5.11 Å². The largest absolute Gasteiger partial charge is 0.396 e. The Balaban J connectivity index is 2.12. The van der Waals surface area contributed by atoms with Gasteiger partial charge in [-0.25, -0.2) is 9.97 Å². The minimum atomic E-state index is 0.0195. The number of rotatable bonds is 4. The first-order valence-electron chi connectivity index (χ1n) is 6.78. The first-order valence-corrected chi connectivity index (χ1v) is 6.78. The van der Waals surface area contributed by atoms with Gasteiger partial charge in [-0.2, -0.15) is 0 Å². The lowest BCUT2D eigenvalue weighted by Crippen LogP contribution is -2.46. The van der Waals surface area contributed by atoms with Crippen molar-refractivity contribution in [3.63, 3.8) is 0 Å². The van der Waals surface area contributed by atoms with Crippen molar-refractivity contribution in [1.29, 1.82) is 0 Å². The summed E-state index contributed by atoms with van der Waals surface area (Å²) in [6.45, 7) is 6.55. The predicted molar refractivity (Wildman–Crippen MR) is 72.5 cm³/mol. The average molecular weight is 249 g/mol. The van der Waals surface area contributed by atoms with Gasteiger partial charge < -0.3 is 10.0 Å². The zero-order chi connectivity index (χ0) is 13.0. The van der Waals surface area contributed by atoms with Gasteiger partial charge in [0.1, 0.15) is 0 Å². The highest BCUT2D eigenvalue weighted by Gasteiger charge is 2.36. The van der Waals surface area contributed by atoms with Crippen LogP contribution in [0.3, 0.4) is 0 Å². The van der Waals surface area contributed by atoms with Gasteiger partial charge >= 0.3 is 0 Å². The number of piperidine rings is 1. The molecular formula is C14H23N3O. The van der Waals surface area contributed by atoms with Crippen LogP contribution in [0.4, 0.5) is 5.95 Å². The maximum absolute atomic E-state index is 9.79. The number of anilines is 1. The number of aliphatic hydroxyl groups excluding tert-OH is 1. The van der Waals surface area contributed by atoms with Crippen molar-refractivity contribution in [3.05, 3.63) is 18.5 Å². The van der Waals surface area contributed by atoms with E-state index in [-0.39, 0.29) is 12.0 Å². The van der Waals surface area contributed by atoms with Crippen molar-refractivity contribution in [2.45, 2.75) is 33.1 Å². The first-order chi connectivity index (χ1) is 8.65. The molecule has 0 bridgehead atoms. The topological polar surface area (TPSA) is 49.2 Å². The van der Waals surface area contributed by atoms with Crippen LogP contribution in [0, 0.1) is 11.3 Å². The summed E-state index contributed by atoms with van der Waals surface area (Å²) in [5.74, 6) is 1.40. The molecule has 0 aromatic carbocycles. The van der Waals surface area contributed by atoms with E-state index in [0.717, 1.165) is 38.3 Å². The van der Waals surface area contributed by atoms with Crippen LogP contribution < -0.4 is 4.90 Å². The number of aromatic nitrogens is 2. The summed E-state index contributed by atoms with van der Waals surface area (Å²) in [6, 6.07) is 1.83. The lowest BCUT2D eigenvalue weighted by atomic mass is 9.74. The second-order valence-electron chi connectivity index (χ2n) is 5.83. The zero-order valence-corrected chi connectivity index (χ0v) is 11.3. The molecule has 0 radical (unpaired) electrons. The number of nitrogens with zero attached hydrogens (tertiary/aromatic N) is 3. The van der Waals surface area contributed by atoms with E-state index in [4.69, 9.17) is 0 Å². The fourth-order valence-electron chi connectivity index (χ4n) is 3.06. The Morgan fingerprint density at radius 2 is 2.11 bits per heavy atom. The summed E-state index contributed by atoms with van der Waals surface area (Å²) in [6.07, 6.45) is 6.82. The molecule has 0 saturated carbocycles. The molecule has 1 aromatic heterocycles. The molecule has 0 spiro atoms. The van der Waals surface area contributed by atoms with Crippen molar-refractivity contribution in [2.75, 3.05) is 24.6 Å². The van der Waals surface area contributed by atoms with Gasteiger partial charge in [-0.05, 0) is 31.2 Å². The number of aliphatic hydroxyl groups is 1. The van der Waals surface area contributed by atoms with E-state index in [2.05, 4.69) is 28.7 Å². The molecule has 4 heteroatoms. The van der Waals surface area contributed by atoms with Crippen LogP contribution in [0.2, 0.25) is 0 Å². The molecule has 2 rings (SSSR count). The summed E-state index contributed by atoms with van der Waals surface area (Å²) < 4.78 is 0. The van der Waals surface area contributed by atoms with Gasteiger partial charge in [0.25, 0.3) is 0 Å². The highest BCUT2D eigenvalue weighted by molar-refractivity contribution is 5.30. The second kappa shape index (κ2) is 5.65. The smallest absolute Gasteiger partial charge is 0.225 e. The average Bonchev–Trinajstić information content (AvgIpc) is 2.39. The molecule has 1 N–H and O–H groups in total. The standard InChI is InChI=1S/C14H23N3O/c1-12(2)9-14(11-18)5-3-8-17(10-14)13-15-6-4-7-16-13/h4,6-7,12,18H,3,5,8-11H2,1-2H3/t14-/m0/s1. The van der Waals surface area contributed by atoms with Gasteiger partial charge in [0.15, 0.2) is 0 Å². The van der Waals surface area contributed by atoms with Gasteiger partial charge in [-0.1, -0.05) is 13.8 Å². The molecule has 100 valence electrons. The maximum Gasteiger partial charge on any atom is 0.225 e. The Labute approximate surface area is 109 Å². The van der Waals surface area contributed by atoms with Gasteiger partial charge in [-0.15, -0.1) is 0 Å². The number of hydrogen-bond donors (Lipinski definition) is 1. The van der Waals surface area contributed by atoms with E-state index < -0.39 is 0 Å².